The van der Waals surface area contributed by atoms with Crippen molar-refractivity contribution < 1.29 is 63.1 Å². The minimum atomic E-state index is -6.28. The number of nitrogens with one attached hydrogen (secondary N) is 4. The number of imide groups is 1. The Morgan fingerprint density at radius 1 is 0.974 bits per heavy atom. The number of likely N-dealkylation sites (tertiary alicyclic amines) is 1. The zero-order valence-electron chi connectivity index (χ0n) is 40.9. The van der Waals surface area contributed by atoms with Crippen molar-refractivity contribution in [3.05, 3.63) is 117 Å². The fraction of sp³-hybridized carbons (Fsp3) is 0.434. The van der Waals surface area contributed by atoms with Gasteiger partial charge < -0.3 is 25.8 Å². The lowest BCUT2D eigenvalue weighted by atomic mass is 9.63. The lowest BCUT2D eigenvalue weighted by Gasteiger charge is -2.39. The number of pyridine rings is 1. The highest BCUT2D eigenvalue weighted by atomic mass is 35.5. The molecule has 76 heavy (non-hydrogen) atoms. The number of hydrogen-bond donors (Lipinski definition) is 4. The first-order valence-electron chi connectivity index (χ1n) is 24.5. The number of fused-ring (bicyclic) bond motifs is 3. The Bertz CT molecular complexity index is 3330. The molecule has 1 aromatic heterocycles. The van der Waals surface area contributed by atoms with Crippen LogP contribution in [0.25, 0.3) is 0 Å². The van der Waals surface area contributed by atoms with Gasteiger partial charge in [0.1, 0.15) is 22.4 Å². The van der Waals surface area contributed by atoms with Crippen LogP contribution in [0.2, 0.25) is 5.02 Å². The second-order valence-corrected chi connectivity index (χ2v) is 24.0. The molecule has 2 spiro atoms. The van der Waals surface area contributed by atoms with Crippen molar-refractivity contribution in [2.24, 2.45) is 16.7 Å². The average molecular weight is 1100 g/mol. The third-order valence-electron chi connectivity index (χ3n) is 15.9. The number of halogens is 8. The molecule has 400 valence electrons. The SMILES string of the molecule is CC(C)(C)C[C@@H]1N[C@@H](C(=O)Nc2ccc(C(=O)N3CCC4(CC3)C[C@@H]4C#Cc3cccc4c3CN(C3CCC(=O)NC3=O)C4=O)cc2S(=O)(=O)C(F)(F)F)[C@H](c2cccc(Cl)c2F)[C@]12CNc1cc(C(F)(F)F)ncc12. The number of aromatic nitrogens is 1. The Hall–Kier alpha value is -6.57. The molecule has 1 aliphatic carbocycles. The normalized spacial score (nSPS) is 24.9. The van der Waals surface area contributed by atoms with E-state index in [0.717, 1.165) is 24.4 Å². The molecule has 5 amide bonds. The Kier molecular flexibility index (Phi) is 12.9. The Labute approximate surface area is 436 Å². The van der Waals surface area contributed by atoms with Crippen LogP contribution in [-0.2, 0) is 42.4 Å². The summed E-state index contributed by atoms with van der Waals surface area (Å²) in [6.45, 7) is 5.90. The van der Waals surface area contributed by atoms with Gasteiger partial charge in [0.25, 0.3) is 21.7 Å². The molecule has 0 bridgehead atoms. The van der Waals surface area contributed by atoms with E-state index in [1.54, 1.807) is 18.2 Å². The van der Waals surface area contributed by atoms with Crippen LogP contribution in [0.4, 0.5) is 42.1 Å². The van der Waals surface area contributed by atoms with E-state index in [1.807, 2.05) is 20.8 Å². The third-order valence-corrected chi connectivity index (χ3v) is 17.7. The maximum Gasteiger partial charge on any atom is 0.501 e. The standard InChI is InChI=1S/C53H49ClF7N7O7S/c1-49(2,3)23-40-51(26-63-36-21-39(52(56,57)58)62-24-33(36)51)42(31-8-5-9-34(54)43(31)55)44(65-40)46(71)64-35-13-11-28(20-38(35)76(74,75)53(59,60)61)47(72)67-18-16-50(17-19-67)22-29(50)12-10-27-6-4-7-30-32(27)25-68(48(30)73)37-14-15-41(69)66-45(37)70/h4-9,11,13,20-21,24,29,37,40,42,44,63,65H,14-19,22-23,25-26H2,1-3H3,(H,64,71)(H,66,69,70)/t29-,37?,40-,42-,44+,51-/m0/s1. The van der Waals surface area contributed by atoms with Gasteiger partial charge in [-0.1, -0.05) is 62.4 Å². The Morgan fingerprint density at radius 3 is 2.38 bits per heavy atom. The molecule has 0 radical (unpaired) electrons. The van der Waals surface area contributed by atoms with E-state index in [9.17, 15) is 58.7 Å². The lowest BCUT2D eigenvalue weighted by molar-refractivity contribution is -0.141. The van der Waals surface area contributed by atoms with Gasteiger partial charge in [0.2, 0.25) is 17.7 Å². The smallest absolute Gasteiger partial charge is 0.384 e. The molecule has 23 heteroatoms. The molecule has 3 aromatic carbocycles. The Balaban J connectivity index is 0.898. The monoisotopic (exact) mass is 1100 g/mol. The zero-order chi connectivity index (χ0) is 54.7. The third kappa shape index (κ3) is 9.14. The molecule has 4 N–H and O–H groups in total. The molecule has 6 atom stereocenters. The average Bonchev–Trinajstić information content (AvgIpc) is 3.64. The molecule has 10 rings (SSSR count). The van der Waals surface area contributed by atoms with Crippen LogP contribution in [0.5, 0.6) is 0 Å². The summed E-state index contributed by atoms with van der Waals surface area (Å²) in [5.41, 5.74) is -8.88. The van der Waals surface area contributed by atoms with Crippen LogP contribution in [0.3, 0.4) is 0 Å². The van der Waals surface area contributed by atoms with E-state index >= 15 is 4.39 Å². The maximum atomic E-state index is 16.4. The molecule has 1 saturated carbocycles. The number of nitrogens with zero attached hydrogens (tertiary/aromatic N) is 3. The molecule has 4 fully saturated rings. The van der Waals surface area contributed by atoms with Crippen molar-refractivity contribution in [3.63, 3.8) is 0 Å². The van der Waals surface area contributed by atoms with Gasteiger partial charge in [0, 0.05) is 90.0 Å². The second kappa shape index (κ2) is 18.6. The molecule has 14 nitrogen and oxygen atoms in total. The van der Waals surface area contributed by atoms with Crippen LogP contribution in [0, 0.1) is 34.4 Å². The number of sulfone groups is 1. The van der Waals surface area contributed by atoms with Gasteiger partial charge in [-0.2, -0.15) is 26.3 Å². The summed E-state index contributed by atoms with van der Waals surface area (Å²) in [6.07, 6.45) is -1.66. The summed E-state index contributed by atoms with van der Waals surface area (Å²) in [6, 6.07) is 9.25. The number of piperidine rings is 2. The number of benzene rings is 3. The molecule has 6 aliphatic rings. The predicted molar refractivity (Wildman–Crippen MR) is 262 cm³/mol. The van der Waals surface area contributed by atoms with E-state index in [-0.39, 0.29) is 84.5 Å². The second-order valence-electron chi connectivity index (χ2n) is 21.7. The summed E-state index contributed by atoms with van der Waals surface area (Å²) in [7, 11) is -6.28. The summed E-state index contributed by atoms with van der Waals surface area (Å²) in [4.78, 5) is 71.6. The highest BCUT2D eigenvalue weighted by Crippen LogP contribution is 2.60. The number of alkyl halides is 6. The fourth-order valence-corrected chi connectivity index (χ4v) is 13.1. The van der Waals surface area contributed by atoms with Crippen LogP contribution in [0.15, 0.2) is 71.8 Å². The lowest BCUT2D eigenvalue weighted by Crippen LogP contribution is -2.52. The van der Waals surface area contributed by atoms with Gasteiger partial charge in [-0.3, -0.25) is 34.3 Å². The minimum Gasteiger partial charge on any atom is -0.384 e. The summed E-state index contributed by atoms with van der Waals surface area (Å²) < 4.78 is 129. The highest BCUT2D eigenvalue weighted by molar-refractivity contribution is 7.92. The number of anilines is 2. The van der Waals surface area contributed by atoms with Crippen LogP contribution in [0.1, 0.15) is 114 Å². The van der Waals surface area contributed by atoms with Crippen molar-refractivity contribution in [3.8, 4) is 11.8 Å². The zero-order valence-corrected chi connectivity index (χ0v) is 42.5. The van der Waals surface area contributed by atoms with E-state index in [1.165, 1.54) is 28.0 Å². The molecule has 6 heterocycles. The van der Waals surface area contributed by atoms with Crippen molar-refractivity contribution in [1.29, 1.82) is 0 Å². The summed E-state index contributed by atoms with van der Waals surface area (Å²) in [5.74, 6) is 0.983. The first kappa shape index (κ1) is 52.9. The topological polar surface area (TPSA) is 187 Å². The van der Waals surface area contributed by atoms with E-state index in [4.69, 9.17) is 11.6 Å². The van der Waals surface area contributed by atoms with E-state index in [0.29, 0.717) is 42.0 Å². The van der Waals surface area contributed by atoms with E-state index < -0.39 is 108 Å². The number of hydrogen-bond acceptors (Lipinski definition) is 10. The highest BCUT2D eigenvalue weighted by Gasteiger charge is 2.62. The first-order chi connectivity index (χ1) is 35.6. The van der Waals surface area contributed by atoms with Crippen molar-refractivity contribution in [2.75, 3.05) is 30.3 Å². The van der Waals surface area contributed by atoms with E-state index in [2.05, 4.69) is 38.1 Å². The molecule has 5 aliphatic heterocycles. The quantitative estimate of drug-likeness (QED) is 0.0801. The molecule has 1 unspecified atom stereocenters. The van der Waals surface area contributed by atoms with Crippen molar-refractivity contribution >= 4 is 62.3 Å². The van der Waals surface area contributed by atoms with Gasteiger partial charge in [0.05, 0.1) is 16.8 Å². The summed E-state index contributed by atoms with van der Waals surface area (Å²) in [5, 5.41) is 10.5. The summed E-state index contributed by atoms with van der Waals surface area (Å²) >= 11 is 6.29. The molecular formula is C53H49ClF7N7O7S. The molecule has 3 saturated heterocycles. The number of carbonyl (C=O) groups excluding carboxylic acids is 5. The van der Waals surface area contributed by atoms with Crippen LogP contribution in [-0.4, -0.2) is 96.0 Å². The van der Waals surface area contributed by atoms with Crippen molar-refractivity contribution in [2.45, 2.75) is 112 Å². The van der Waals surface area contributed by atoms with Gasteiger partial charge in [-0.15, -0.1) is 0 Å². The number of rotatable bonds is 7. The Morgan fingerprint density at radius 2 is 1.70 bits per heavy atom. The number of carbonyl (C=O) groups is 5. The maximum absolute atomic E-state index is 16.4. The molecule has 4 aromatic rings. The molecular weight excluding hydrogens is 1050 g/mol. The number of amides is 5. The minimum absolute atomic E-state index is 0.0122. The predicted octanol–water partition coefficient (Wildman–Crippen LogP) is 8.10. The first-order valence-corrected chi connectivity index (χ1v) is 26.3. The van der Waals surface area contributed by atoms with Gasteiger partial charge >= 0.3 is 11.7 Å². The van der Waals surface area contributed by atoms with Crippen LogP contribution >= 0.6 is 11.6 Å². The fourth-order valence-electron chi connectivity index (χ4n) is 12.0. The van der Waals surface area contributed by atoms with Gasteiger partial charge in [0.15, 0.2) is 0 Å². The van der Waals surface area contributed by atoms with Crippen molar-refractivity contribution in [1.82, 2.24) is 25.4 Å². The van der Waals surface area contributed by atoms with Crippen LogP contribution < -0.4 is 21.3 Å². The van der Waals surface area contributed by atoms with Gasteiger partial charge in [-0.05, 0) is 96.5 Å². The van der Waals surface area contributed by atoms with Gasteiger partial charge in [-0.25, -0.2) is 12.8 Å². The largest absolute Gasteiger partial charge is 0.501 e.